The number of anilines is 2. The van der Waals surface area contributed by atoms with E-state index in [0.29, 0.717) is 16.4 Å². The number of amidine groups is 1. The molecule has 1 unspecified atom stereocenters. The van der Waals surface area contributed by atoms with Gasteiger partial charge in [0.1, 0.15) is 9.46 Å². The quantitative estimate of drug-likeness (QED) is 0.527. The van der Waals surface area contributed by atoms with E-state index in [1.165, 1.54) is 11.0 Å². The van der Waals surface area contributed by atoms with Gasteiger partial charge in [-0.15, -0.1) is 15.7 Å². The number of carbonyl (C=O) groups is 2. The Labute approximate surface area is 198 Å². The molecule has 2 heterocycles. The van der Waals surface area contributed by atoms with Crippen molar-refractivity contribution in [3.05, 3.63) is 77.1 Å². The molecule has 11 heteroatoms. The number of sulfonamides is 1. The Morgan fingerprint density at radius 1 is 1.06 bits per heavy atom. The molecule has 0 radical (unpaired) electrons. The Balaban J connectivity index is 1.60. The summed E-state index contributed by atoms with van der Waals surface area (Å²) in [6, 6.07) is 18.3. The summed E-state index contributed by atoms with van der Waals surface area (Å²) in [5.74, 6) is -0.791. The molecule has 1 saturated heterocycles. The third-order valence-corrected chi connectivity index (χ3v) is 8.54. The Bertz CT molecular complexity index is 1260. The lowest BCUT2D eigenvalue weighted by atomic mass is 10.2. The molecule has 0 spiro atoms. The smallest absolute Gasteiger partial charge is 0.294 e. The van der Waals surface area contributed by atoms with Crippen molar-refractivity contribution >= 4 is 73.1 Å². The number of amides is 2. The third kappa shape index (κ3) is 5.04. The van der Waals surface area contributed by atoms with E-state index in [2.05, 4.69) is 9.71 Å². The zero-order valence-electron chi connectivity index (χ0n) is 16.3. The molecule has 0 bridgehead atoms. The Hall–Kier alpha value is -2.66. The second kappa shape index (κ2) is 9.45. The number of benzene rings is 2. The molecule has 32 heavy (non-hydrogen) atoms. The van der Waals surface area contributed by atoms with Crippen molar-refractivity contribution in [2.75, 3.05) is 10.2 Å². The molecule has 1 aromatic heterocycles. The molecule has 0 saturated carbocycles. The highest BCUT2D eigenvalue weighted by atomic mass is 35.5. The first-order valence-electron chi connectivity index (χ1n) is 9.33. The summed E-state index contributed by atoms with van der Waals surface area (Å²) >= 11 is 7.86. The van der Waals surface area contributed by atoms with Crippen molar-refractivity contribution in [2.45, 2.75) is 15.9 Å². The number of para-hydroxylation sites is 1. The van der Waals surface area contributed by atoms with Crippen LogP contribution >= 0.6 is 34.7 Å². The Morgan fingerprint density at radius 2 is 1.78 bits per heavy atom. The molecule has 3 aromatic rings. The average Bonchev–Trinajstić information content (AvgIpc) is 3.40. The molecule has 2 aromatic carbocycles. The van der Waals surface area contributed by atoms with Crippen LogP contribution in [-0.2, 0) is 19.6 Å². The SMILES string of the molecule is O=C(CC1SC(=NS(=O)(=O)c2cccs2)N(c2ccccc2)C1=O)Nc1ccc(Cl)cc1. The summed E-state index contributed by atoms with van der Waals surface area (Å²) in [4.78, 5) is 26.9. The van der Waals surface area contributed by atoms with Gasteiger partial charge in [-0.3, -0.25) is 14.5 Å². The van der Waals surface area contributed by atoms with Crippen molar-refractivity contribution in [1.29, 1.82) is 0 Å². The highest BCUT2D eigenvalue weighted by Gasteiger charge is 2.41. The topological polar surface area (TPSA) is 95.9 Å². The predicted molar refractivity (Wildman–Crippen MR) is 129 cm³/mol. The number of thioether (sulfide) groups is 1. The van der Waals surface area contributed by atoms with E-state index in [1.807, 2.05) is 0 Å². The third-order valence-electron chi connectivity index (χ3n) is 4.40. The van der Waals surface area contributed by atoms with Crippen LogP contribution in [0.25, 0.3) is 0 Å². The van der Waals surface area contributed by atoms with E-state index in [0.717, 1.165) is 23.1 Å². The minimum atomic E-state index is -3.99. The molecule has 1 N–H and O–H groups in total. The zero-order chi connectivity index (χ0) is 22.7. The number of hydrogen-bond donors (Lipinski definition) is 1. The van der Waals surface area contributed by atoms with E-state index < -0.39 is 21.2 Å². The maximum atomic E-state index is 13.2. The van der Waals surface area contributed by atoms with Crippen LogP contribution in [-0.4, -0.2) is 30.6 Å². The van der Waals surface area contributed by atoms with Crippen molar-refractivity contribution in [3.63, 3.8) is 0 Å². The number of carbonyl (C=O) groups excluding carboxylic acids is 2. The summed E-state index contributed by atoms with van der Waals surface area (Å²) in [6.07, 6.45) is -0.145. The van der Waals surface area contributed by atoms with E-state index in [4.69, 9.17) is 11.6 Å². The van der Waals surface area contributed by atoms with Crippen LogP contribution < -0.4 is 10.2 Å². The summed E-state index contributed by atoms with van der Waals surface area (Å²) in [5, 5.41) is 4.09. The molecule has 1 aliphatic rings. The maximum Gasteiger partial charge on any atom is 0.294 e. The maximum absolute atomic E-state index is 13.2. The van der Waals surface area contributed by atoms with Crippen LogP contribution in [0.5, 0.6) is 0 Å². The van der Waals surface area contributed by atoms with Gasteiger partial charge in [0, 0.05) is 17.1 Å². The Kier molecular flexibility index (Phi) is 6.66. The molecule has 1 atom stereocenters. The number of nitrogens with one attached hydrogen (secondary N) is 1. The normalized spacial score (nSPS) is 17.7. The number of halogens is 1. The minimum absolute atomic E-state index is 0.0129. The van der Waals surface area contributed by atoms with Crippen molar-refractivity contribution in [2.24, 2.45) is 4.40 Å². The number of nitrogens with zero attached hydrogens (tertiary/aromatic N) is 2. The van der Waals surface area contributed by atoms with Gasteiger partial charge in [0.25, 0.3) is 10.0 Å². The number of hydrogen-bond acceptors (Lipinski definition) is 6. The lowest BCUT2D eigenvalue weighted by molar-refractivity contribution is -0.121. The van der Waals surface area contributed by atoms with Crippen LogP contribution in [0.1, 0.15) is 6.42 Å². The van der Waals surface area contributed by atoms with Gasteiger partial charge in [0.05, 0.1) is 5.69 Å². The lowest BCUT2D eigenvalue weighted by Crippen LogP contribution is -2.33. The van der Waals surface area contributed by atoms with Crippen molar-refractivity contribution in [3.8, 4) is 0 Å². The second-order valence-electron chi connectivity index (χ2n) is 6.66. The second-order valence-corrected chi connectivity index (χ2v) is 11.0. The van der Waals surface area contributed by atoms with Gasteiger partial charge in [-0.05, 0) is 47.8 Å². The highest BCUT2D eigenvalue weighted by molar-refractivity contribution is 8.16. The van der Waals surface area contributed by atoms with Gasteiger partial charge in [-0.1, -0.05) is 47.6 Å². The molecule has 2 amide bonds. The molecular formula is C21H16ClN3O4S3. The fourth-order valence-corrected chi connectivity index (χ4v) is 6.38. The van der Waals surface area contributed by atoms with Crippen LogP contribution in [0, 0.1) is 0 Å². The summed E-state index contributed by atoms with van der Waals surface area (Å²) < 4.78 is 29.4. The predicted octanol–water partition coefficient (Wildman–Crippen LogP) is 4.62. The average molecular weight is 506 g/mol. The largest absolute Gasteiger partial charge is 0.326 e. The van der Waals surface area contributed by atoms with Crippen molar-refractivity contribution < 1.29 is 18.0 Å². The first kappa shape index (κ1) is 22.5. The van der Waals surface area contributed by atoms with Crippen LogP contribution in [0.4, 0.5) is 11.4 Å². The highest BCUT2D eigenvalue weighted by Crippen LogP contribution is 2.35. The summed E-state index contributed by atoms with van der Waals surface area (Å²) in [7, 11) is -3.99. The first-order chi connectivity index (χ1) is 15.3. The molecule has 1 aliphatic heterocycles. The van der Waals surface area contributed by atoms with Gasteiger partial charge >= 0.3 is 0 Å². The van der Waals surface area contributed by atoms with Crippen LogP contribution in [0.3, 0.4) is 0 Å². The first-order valence-corrected chi connectivity index (χ1v) is 12.9. The van der Waals surface area contributed by atoms with Gasteiger partial charge in [-0.2, -0.15) is 8.42 Å². The molecule has 4 rings (SSSR count). The van der Waals surface area contributed by atoms with Gasteiger partial charge < -0.3 is 5.32 Å². The Morgan fingerprint density at radius 3 is 2.44 bits per heavy atom. The van der Waals surface area contributed by atoms with Crippen LogP contribution in [0.15, 0.2) is 80.7 Å². The van der Waals surface area contributed by atoms with Gasteiger partial charge in [-0.25, -0.2) is 0 Å². The zero-order valence-corrected chi connectivity index (χ0v) is 19.5. The molecule has 1 fully saturated rings. The standard InChI is InChI=1S/C21H16ClN3O4S3/c22-14-8-10-15(11-9-14)23-18(26)13-17-20(27)25(16-5-2-1-3-6-16)21(31-17)24-32(28,29)19-7-4-12-30-19/h1-12,17H,13H2,(H,23,26). The van der Waals surface area contributed by atoms with E-state index in [1.54, 1.807) is 66.0 Å². The summed E-state index contributed by atoms with van der Waals surface area (Å²) in [6.45, 7) is 0. The van der Waals surface area contributed by atoms with Gasteiger partial charge in [0.2, 0.25) is 11.8 Å². The number of rotatable bonds is 6. The van der Waals surface area contributed by atoms with E-state index >= 15 is 0 Å². The van der Waals surface area contributed by atoms with Gasteiger partial charge in [0.15, 0.2) is 5.17 Å². The fourth-order valence-electron chi connectivity index (χ4n) is 2.95. The van der Waals surface area contributed by atoms with E-state index in [-0.39, 0.29) is 21.7 Å². The molecule has 0 aliphatic carbocycles. The number of thiophene rings is 1. The summed E-state index contributed by atoms with van der Waals surface area (Å²) in [5.41, 5.74) is 1.02. The fraction of sp³-hybridized carbons (Fsp3) is 0.0952. The lowest BCUT2D eigenvalue weighted by Gasteiger charge is -2.16. The molecule has 164 valence electrons. The monoisotopic (exact) mass is 505 g/mol. The van der Waals surface area contributed by atoms with E-state index in [9.17, 15) is 18.0 Å². The van der Waals surface area contributed by atoms with Crippen LogP contribution in [0.2, 0.25) is 5.02 Å². The molecular weight excluding hydrogens is 490 g/mol. The molecule has 7 nitrogen and oxygen atoms in total. The van der Waals surface area contributed by atoms with Crippen molar-refractivity contribution in [1.82, 2.24) is 0 Å². The minimum Gasteiger partial charge on any atom is -0.326 e.